The van der Waals surface area contributed by atoms with E-state index < -0.39 is 0 Å². The third-order valence-corrected chi connectivity index (χ3v) is 4.60. The fourth-order valence-corrected chi connectivity index (χ4v) is 3.15. The predicted octanol–water partition coefficient (Wildman–Crippen LogP) is 1.72. The van der Waals surface area contributed by atoms with Crippen molar-refractivity contribution in [1.82, 2.24) is 9.80 Å². The van der Waals surface area contributed by atoms with Crippen molar-refractivity contribution in [1.29, 1.82) is 0 Å². The number of anilines is 1. The van der Waals surface area contributed by atoms with Gasteiger partial charge < -0.3 is 9.80 Å². The molecule has 2 fully saturated rings. The van der Waals surface area contributed by atoms with Gasteiger partial charge in [0.25, 0.3) is 0 Å². The lowest BCUT2D eigenvalue weighted by Crippen LogP contribution is -2.46. The van der Waals surface area contributed by atoms with Crippen molar-refractivity contribution in [2.75, 3.05) is 57.8 Å². The van der Waals surface area contributed by atoms with Gasteiger partial charge in [0.2, 0.25) is 0 Å². The van der Waals surface area contributed by atoms with E-state index in [-0.39, 0.29) is 5.78 Å². The SMILES string of the molecule is CN1CCN(CC(=O)c2cccc(N3CCCC3)c2)CC1. The maximum atomic E-state index is 12.5. The molecule has 2 aliphatic heterocycles. The lowest BCUT2D eigenvalue weighted by atomic mass is 10.1. The number of hydrogen-bond acceptors (Lipinski definition) is 4. The Hall–Kier alpha value is -1.39. The first-order valence-corrected chi connectivity index (χ1v) is 8.01. The summed E-state index contributed by atoms with van der Waals surface area (Å²) in [7, 11) is 2.14. The average molecular weight is 287 g/mol. The Morgan fingerprint density at radius 3 is 2.48 bits per heavy atom. The highest BCUT2D eigenvalue weighted by atomic mass is 16.1. The van der Waals surface area contributed by atoms with Crippen molar-refractivity contribution >= 4 is 11.5 Å². The summed E-state index contributed by atoms with van der Waals surface area (Å²) in [4.78, 5) is 19.5. The Morgan fingerprint density at radius 2 is 1.76 bits per heavy atom. The zero-order valence-electron chi connectivity index (χ0n) is 12.9. The number of rotatable bonds is 4. The van der Waals surface area contributed by atoms with Gasteiger partial charge in [-0.2, -0.15) is 0 Å². The van der Waals surface area contributed by atoms with Gasteiger partial charge >= 0.3 is 0 Å². The first kappa shape index (κ1) is 14.5. The molecule has 0 radical (unpaired) electrons. The molecule has 0 spiro atoms. The highest BCUT2D eigenvalue weighted by molar-refractivity contribution is 5.98. The topological polar surface area (TPSA) is 26.8 Å². The lowest BCUT2D eigenvalue weighted by molar-refractivity contribution is 0.0876. The Labute approximate surface area is 127 Å². The van der Waals surface area contributed by atoms with Crippen molar-refractivity contribution in [3.8, 4) is 0 Å². The molecule has 0 saturated carbocycles. The standard InChI is InChI=1S/C17H25N3O/c1-18-9-11-19(12-10-18)14-17(21)15-5-4-6-16(13-15)20-7-2-3-8-20/h4-6,13H,2-3,7-12,14H2,1H3. The molecule has 0 unspecified atom stereocenters. The van der Waals surface area contributed by atoms with Crippen LogP contribution in [0.15, 0.2) is 24.3 Å². The van der Waals surface area contributed by atoms with E-state index in [1.807, 2.05) is 12.1 Å². The predicted molar refractivity (Wildman–Crippen MR) is 86.2 cm³/mol. The van der Waals surface area contributed by atoms with Crippen LogP contribution in [0.4, 0.5) is 5.69 Å². The number of benzene rings is 1. The second-order valence-corrected chi connectivity index (χ2v) is 6.25. The second kappa shape index (κ2) is 6.58. The minimum atomic E-state index is 0.251. The van der Waals surface area contributed by atoms with Crippen LogP contribution in [0.5, 0.6) is 0 Å². The second-order valence-electron chi connectivity index (χ2n) is 6.25. The summed E-state index contributed by atoms with van der Waals surface area (Å²) in [5, 5.41) is 0. The van der Waals surface area contributed by atoms with Gasteiger partial charge in [0.1, 0.15) is 0 Å². The summed E-state index contributed by atoms with van der Waals surface area (Å²) in [5.41, 5.74) is 2.06. The molecule has 2 saturated heterocycles. The van der Waals surface area contributed by atoms with Crippen LogP contribution in [0.25, 0.3) is 0 Å². The number of carbonyl (C=O) groups is 1. The number of likely N-dealkylation sites (N-methyl/N-ethyl adjacent to an activating group) is 1. The summed E-state index contributed by atoms with van der Waals surface area (Å²) in [5.74, 6) is 0.251. The molecular weight excluding hydrogens is 262 g/mol. The maximum Gasteiger partial charge on any atom is 0.176 e. The molecule has 21 heavy (non-hydrogen) atoms. The summed E-state index contributed by atoms with van der Waals surface area (Å²) in [6, 6.07) is 8.17. The van der Waals surface area contributed by atoms with Crippen LogP contribution in [-0.4, -0.2) is 68.4 Å². The van der Waals surface area contributed by atoms with Gasteiger partial charge in [-0.25, -0.2) is 0 Å². The van der Waals surface area contributed by atoms with Gasteiger partial charge in [0.05, 0.1) is 6.54 Å². The molecule has 3 rings (SSSR count). The molecule has 1 aromatic carbocycles. The molecule has 0 bridgehead atoms. The van der Waals surface area contributed by atoms with Gasteiger partial charge in [0.15, 0.2) is 5.78 Å². The van der Waals surface area contributed by atoms with Crippen molar-refractivity contribution in [3.63, 3.8) is 0 Å². The first-order valence-electron chi connectivity index (χ1n) is 8.01. The molecule has 1 aromatic rings. The molecule has 2 aliphatic rings. The number of ketones is 1. The molecule has 4 nitrogen and oxygen atoms in total. The summed E-state index contributed by atoms with van der Waals surface area (Å²) in [6.07, 6.45) is 2.53. The van der Waals surface area contributed by atoms with E-state index in [0.717, 1.165) is 44.8 Å². The number of hydrogen-bond donors (Lipinski definition) is 0. The first-order chi connectivity index (χ1) is 10.2. The fraction of sp³-hybridized carbons (Fsp3) is 0.588. The van der Waals surface area contributed by atoms with Gasteiger partial charge in [-0.1, -0.05) is 12.1 Å². The zero-order chi connectivity index (χ0) is 14.7. The van der Waals surface area contributed by atoms with Gasteiger partial charge in [-0.3, -0.25) is 9.69 Å². The quantitative estimate of drug-likeness (QED) is 0.788. The Morgan fingerprint density at radius 1 is 1.05 bits per heavy atom. The van der Waals surface area contributed by atoms with Crippen LogP contribution in [0, 0.1) is 0 Å². The minimum absolute atomic E-state index is 0.251. The monoisotopic (exact) mass is 287 g/mol. The summed E-state index contributed by atoms with van der Waals surface area (Å²) < 4.78 is 0. The van der Waals surface area contributed by atoms with Crippen LogP contribution in [0.1, 0.15) is 23.2 Å². The van der Waals surface area contributed by atoms with Crippen LogP contribution in [-0.2, 0) is 0 Å². The molecule has 114 valence electrons. The van der Waals surface area contributed by atoms with Gasteiger partial charge in [-0.05, 0) is 32.0 Å². The molecule has 4 heteroatoms. The average Bonchev–Trinajstić information content (AvgIpc) is 3.04. The van der Waals surface area contributed by atoms with E-state index >= 15 is 0 Å². The molecular formula is C17H25N3O. The number of piperazine rings is 1. The number of nitrogens with zero attached hydrogens (tertiary/aromatic N) is 3. The van der Waals surface area contributed by atoms with Crippen LogP contribution in [0.2, 0.25) is 0 Å². The smallest absolute Gasteiger partial charge is 0.176 e. The zero-order valence-corrected chi connectivity index (χ0v) is 12.9. The third kappa shape index (κ3) is 3.63. The molecule has 0 N–H and O–H groups in total. The molecule has 0 aromatic heterocycles. The van der Waals surface area contributed by atoms with E-state index in [4.69, 9.17) is 0 Å². The molecule has 2 heterocycles. The van der Waals surface area contributed by atoms with Gasteiger partial charge in [-0.15, -0.1) is 0 Å². The van der Waals surface area contributed by atoms with E-state index in [9.17, 15) is 4.79 Å². The largest absolute Gasteiger partial charge is 0.372 e. The Kier molecular flexibility index (Phi) is 4.56. The molecule has 0 atom stereocenters. The maximum absolute atomic E-state index is 12.5. The van der Waals surface area contributed by atoms with Crippen molar-refractivity contribution in [2.45, 2.75) is 12.8 Å². The highest BCUT2D eigenvalue weighted by Gasteiger charge is 2.18. The minimum Gasteiger partial charge on any atom is -0.372 e. The number of Topliss-reactive ketones (excluding diaryl/α,β-unsaturated/α-hetero) is 1. The van der Waals surface area contributed by atoms with E-state index in [1.165, 1.54) is 18.5 Å². The van der Waals surface area contributed by atoms with E-state index in [0.29, 0.717) is 6.54 Å². The van der Waals surface area contributed by atoms with Crippen LogP contribution >= 0.6 is 0 Å². The molecule has 0 aliphatic carbocycles. The van der Waals surface area contributed by atoms with Crippen LogP contribution < -0.4 is 4.90 Å². The molecule has 0 amide bonds. The van der Waals surface area contributed by atoms with E-state index in [2.05, 4.69) is 33.9 Å². The van der Waals surface area contributed by atoms with Crippen molar-refractivity contribution in [2.24, 2.45) is 0 Å². The third-order valence-electron chi connectivity index (χ3n) is 4.60. The van der Waals surface area contributed by atoms with Crippen LogP contribution in [0.3, 0.4) is 0 Å². The highest BCUT2D eigenvalue weighted by Crippen LogP contribution is 2.21. The number of carbonyl (C=O) groups excluding carboxylic acids is 1. The lowest BCUT2D eigenvalue weighted by Gasteiger charge is -2.31. The van der Waals surface area contributed by atoms with E-state index in [1.54, 1.807) is 0 Å². The van der Waals surface area contributed by atoms with Gasteiger partial charge in [0, 0.05) is 50.5 Å². The Balaban J connectivity index is 1.62. The summed E-state index contributed by atoms with van der Waals surface area (Å²) >= 11 is 0. The van der Waals surface area contributed by atoms with Crippen molar-refractivity contribution < 1.29 is 4.79 Å². The normalized spacial score (nSPS) is 20.9. The fourth-order valence-electron chi connectivity index (χ4n) is 3.15. The van der Waals surface area contributed by atoms with Crippen molar-refractivity contribution in [3.05, 3.63) is 29.8 Å². The Bertz CT molecular complexity index is 489. The summed E-state index contributed by atoms with van der Waals surface area (Å²) in [6.45, 7) is 6.90.